The van der Waals surface area contributed by atoms with Crippen LogP contribution in [-0.4, -0.2) is 9.55 Å². The number of benzene rings is 1. The Balaban J connectivity index is 2.58. The van der Waals surface area contributed by atoms with Gasteiger partial charge < -0.3 is 4.57 Å². The van der Waals surface area contributed by atoms with E-state index in [9.17, 15) is 4.79 Å². The fraction of sp³-hybridized carbons (Fsp3) is 0.231. The van der Waals surface area contributed by atoms with Gasteiger partial charge in [0.25, 0.3) is 0 Å². The van der Waals surface area contributed by atoms with Gasteiger partial charge in [-0.2, -0.15) is 4.98 Å². The van der Waals surface area contributed by atoms with Crippen molar-refractivity contribution < 1.29 is 0 Å². The SMILES string of the molecule is Cc1cc(C)cc(-c2ccn(C)c(=O)n2)c1. The molecule has 0 spiro atoms. The van der Waals surface area contributed by atoms with Gasteiger partial charge in [0.15, 0.2) is 0 Å². The predicted molar refractivity (Wildman–Crippen MR) is 64.4 cm³/mol. The van der Waals surface area contributed by atoms with Crippen LogP contribution < -0.4 is 5.69 Å². The molecule has 0 amide bonds. The van der Waals surface area contributed by atoms with Gasteiger partial charge in [-0.1, -0.05) is 17.2 Å². The summed E-state index contributed by atoms with van der Waals surface area (Å²) >= 11 is 0. The molecular formula is C13H14N2O. The molecule has 0 fully saturated rings. The minimum atomic E-state index is -0.225. The molecule has 0 saturated heterocycles. The highest BCUT2D eigenvalue weighted by Gasteiger charge is 2.02. The Hall–Kier alpha value is -1.90. The van der Waals surface area contributed by atoms with E-state index in [4.69, 9.17) is 0 Å². The number of aromatic nitrogens is 2. The minimum Gasteiger partial charge on any atom is -0.302 e. The molecule has 0 saturated carbocycles. The van der Waals surface area contributed by atoms with E-state index < -0.39 is 0 Å². The smallest absolute Gasteiger partial charge is 0.302 e. The average Bonchev–Trinajstić information content (AvgIpc) is 2.20. The lowest BCUT2D eigenvalue weighted by atomic mass is 10.1. The summed E-state index contributed by atoms with van der Waals surface area (Å²) in [5.74, 6) is 0. The second kappa shape index (κ2) is 3.93. The zero-order valence-corrected chi connectivity index (χ0v) is 9.69. The second-order valence-electron chi connectivity index (χ2n) is 4.08. The summed E-state index contributed by atoms with van der Waals surface area (Å²) < 4.78 is 1.46. The highest BCUT2D eigenvalue weighted by Crippen LogP contribution is 2.18. The summed E-state index contributed by atoms with van der Waals surface area (Å²) in [6.45, 7) is 4.08. The number of aryl methyl sites for hydroxylation is 3. The van der Waals surface area contributed by atoms with E-state index in [1.807, 2.05) is 32.0 Å². The molecule has 0 unspecified atom stereocenters. The maximum atomic E-state index is 11.4. The molecule has 1 heterocycles. The van der Waals surface area contributed by atoms with Crippen molar-refractivity contribution in [2.75, 3.05) is 0 Å². The highest BCUT2D eigenvalue weighted by molar-refractivity contribution is 5.60. The van der Waals surface area contributed by atoms with Crippen molar-refractivity contribution in [3.63, 3.8) is 0 Å². The molecule has 2 rings (SSSR count). The maximum absolute atomic E-state index is 11.4. The third-order valence-corrected chi connectivity index (χ3v) is 2.49. The molecule has 0 aliphatic carbocycles. The van der Waals surface area contributed by atoms with Crippen LogP contribution in [0, 0.1) is 13.8 Å². The highest BCUT2D eigenvalue weighted by atomic mass is 16.1. The molecule has 1 aromatic carbocycles. The topological polar surface area (TPSA) is 34.9 Å². The second-order valence-corrected chi connectivity index (χ2v) is 4.08. The van der Waals surface area contributed by atoms with Gasteiger partial charge in [-0.3, -0.25) is 0 Å². The lowest BCUT2D eigenvalue weighted by molar-refractivity contribution is 0.813. The molecule has 3 heteroatoms. The summed E-state index contributed by atoms with van der Waals surface area (Å²) in [6, 6.07) is 8.03. The Morgan fingerprint density at radius 2 is 1.75 bits per heavy atom. The predicted octanol–water partition coefficient (Wildman–Crippen LogP) is 2.06. The van der Waals surface area contributed by atoms with Crippen LogP contribution in [0.15, 0.2) is 35.3 Å². The number of rotatable bonds is 1. The van der Waals surface area contributed by atoms with Gasteiger partial charge in [-0.05, 0) is 32.0 Å². The van der Waals surface area contributed by atoms with Gasteiger partial charge in [0.2, 0.25) is 0 Å². The van der Waals surface area contributed by atoms with Crippen molar-refractivity contribution in [3.8, 4) is 11.3 Å². The fourth-order valence-corrected chi connectivity index (χ4v) is 1.75. The normalized spacial score (nSPS) is 10.4. The van der Waals surface area contributed by atoms with Gasteiger partial charge >= 0.3 is 5.69 Å². The summed E-state index contributed by atoms with van der Waals surface area (Å²) in [4.78, 5) is 15.5. The summed E-state index contributed by atoms with van der Waals surface area (Å²) in [5, 5.41) is 0. The number of hydrogen-bond donors (Lipinski definition) is 0. The average molecular weight is 214 g/mol. The molecule has 2 aromatic rings. The quantitative estimate of drug-likeness (QED) is 0.728. The third kappa shape index (κ3) is 2.03. The number of nitrogens with zero attached hydrogens (tertiary/aromatic N) is 2. The molecule has 82 valence electrons. The first-order valence-corrected chi connectivity index (χ1v) is 5.18. The molecule has 0 aliphatic rings. The monoisotopic (exact) mass is 214 g/mol. The first-order valence-electron chi connectivity index (χ1n) is 5.18. The van der Waals surface area contributed by atoms with E-state index in [0.29, 0.717) is 0 Å². The molecule has 0 radical (unpaired) electrons. The van der Waals surface area contributed by atoms with E-state index in [1.165, 1.54) is 15.7 Å². The zero-order chi connectivity index (χ0) is 11.7. The van der Waals surface area contributed by atoms with Crippen LogP contribution in [-0.2, 0) is 7.05 Å². The molecule has 3 nitrogen and oxygen atoms in total. The minimum absolute atomic E-state index is 0.225. The van der Waals surface area contributed by atoms with Crippen LogP contribution in [0.5, 0.6) is 0 Å². The van der Waals surface area contributed by atoms with Crippen molar-refractivity contribution in [1.29, 1.82) is 0 Å². The largest absolute Gasteiger partial charge is 0.347 e. The maximum Gasteiger partial charge on any atom is 0.347 e. The van der Waals surface area contributed by atoms with Crippen LogP contribution in [0.4, 0.5) is 0 Å². The Kier molecular flexibility index (Phi) is 2.60. The molecular weight excluding hydrogens is 200 g/mol. The number of hydrogen-bond acceptors (Lipinski definition) is 2. The lowest BCUT2D eigenvalue weighted by Crippen LogP contribution is -2.19. The first-order chi connectivity index (χ1) is 7.56. The third-order valence-electron chi connectivity index (χ3n) is 2.49. The zero-order valence-electron chi connectivity index (χ0n) is 9.69. The Labute approximate surface area is 94.4 Å². The lowest BCUT2D eigenvalue weighted by Gasteiger charge is -2.04. The van der Waals surface area contributed by atoms with Crippen molar-refractivity contribution in [2.45, 2.75) is 13.8 Å². The van der Waals surface area contributed by atoms with Crippen LogP contribution in [0.2, 0.25) is 0 Å². The van der Waals surface area contributed by atoms with E-state index in [-0.39, 0.29) is 5.69 Å². The fourth-order valence-electron chi connectivity index (χ4n) is 1.75. The first kappa shape index (κ1) is 10.6. The van der Waals surface area contributed by atoms with Gasteiger partial charge in [0, 0.05) is 18.8 Å². The standard InChI is InChI=1S/C13H14N2O/c1-9-6-10(2)8-11(7-9)12-4-5-15(3)13(16)14-12/h4-8H,1-3H3. The van der Waals surface area contributed by atoms with Crippen molar-refractivity contribution in [3.05, 3.63) is 52.1 Å². The van der Waals surface area contributed by atoms with Gasteiger partial charge in [0.1, 0.15) is 0 Å². The van der Waals surface area contributed by atoms with Crippen LogP contribution in [0.25, 0.3) is 11.3 Å². The molecule has 0 N–H and O–H groups in total. The van der Waals surface area contributed by atoms with E-state index in [1.54, 1.807) is 13.2 Å². The van der Waals surface area contributed by atoms with Crippen LogP contribution >= 0.6 is 0 Å². The molecule has 0 atom stereocenters. The van der Waals surface area contributed by atoms with Crippen molar-refractivity contribution in [1.82, 2.24) is 9.55 Å². The van der Waals surface area contributed by atoms with Gasteiger partial charge in [-0.25, -0.2) is 4.79 Å². The van der Waals surface area contributed by atoms with Gasteiger partial charge in [0.05, 0.1) is 5.69 Å². The van der Waals surface area contributed by atoms with Crippen molar-refractivity contribution >= 4 is 0 Å². The summed E-state index contributed by atoms with van der Waals surface area (Å²) in [6.07, 6.45) is 1.74. The van der Waals surface area contributed by atoms with Gasteiger partial charge in [-0.15, -0.1) is 0 Å². The van der Waals surface area contributed by atoms with Crippen LogP contribution in [0.1, 0.15) is 11.1 Å². The Morgan fingerprint density at radius 3 is 2.31 bits per heavy atom. The van der Waals surface area contributed by atoms with Crippen LogP contribution in [0.3, 0.4) is 0 Å². The summed E-state index contributed by atoms with van der Waals surface area (Å²) in [7, 11) is 1.70. The molecule has 0 aliphatic heterocycles. The molecule has 1 aromatic heterocycles. The molecule has 0 bridgehead atoms. The van der Waals surface area contributed by atoms with E-state index in [0.717, 1.165) is 11.3 Å². The Bertz CT molecular complexity index is 564. The van der Waals surface area contributed by atoms with E-state index >= 15 is 0 Å². The summed E-state index contributed by atoms with van der Waals surface area (Å²) in [5.41, 5.74) is 3.86. The van der Waals surface area contributed by atoms with E-state index in [2.05, 4.69) is 11.1 Å². The molecule has 16 heavy (non-hydrogen) atoms. The van der Waals surface area contributed by atoms with Crippen molar-refractivity contribution in [2.24, 2.45) is 7.05 Å². The Morgan fingerprint density at radius 1 is 1.12 bits per heavy atom.